The van der Waals surface area contributed by atoms with Crippen LogP contribution in [0, 0.1) is 0 Å². The van der Waals surface area contributed by atoms with E-state index in [-0.39, 0.29) is 0 Å². The van der Waals surface area contributed by atoms with E-state index >= 15 is 0 Å². The molecule has 3 nitrogen and oxygen atoms in total. The highest BCUT2D eigenvalue weighted by Gasteiger charge is 2.25. The van der Waals surface area contributed by atoms with Gasteiger partial charge in [0.15, 0.2) is 5.82 Å². The van der Waals surface area contributed by atoms with E-state index in [0.29, 0.717) is 5.82 Å². The van der Waals surface area contributed by atoms with Crippen molar-refractivity contribution in [1.29, 1.82) is 0 Å². The zero-order valence-corrected chi connectivity index (χ0v) is 32.9. The van der Waals surface area contributed by atoms with E-state index < -0.39 is 0 Å². The van der Waals surface area contributed by atoms with Crippen molar-refractivity contribution in [2.75, 3.05) is 0 Å². The van der Waals surface area contributed by atoms with Crippen molar-refractivity contribution in [3.05, 3.63) is 237 Å². The Hall–Kier alpha value is -8.01. The molecule has 0 N–H and O–H groups in total. The first kappa shape index (κ1) is 36.3. The van der Waals surface area contributed by atoms with Crippen LogP contribution in [0.3, 0.4) is 0 Å². The summed E-state index contributed by atoms with van der Waals surface area (Å²) in [5, 5.41) is 0. The molecular formula is C57H39N3. The smallest absolute Gasteiger partial charge is 0.160 e. The van der Waals surface area contributed by atoms with Crippen LogP contribution in [0.2, 0.25) is 0 Å². The van der Waals surface area contributed by atoms with Gasteiger partial charge in [0.1, 0.15) is 0 Å². The zero-order valence-electron chi connectivity index (χ0n) is 32.9. The van der Waals surface area contributed by atoms with E-state index in [1.165, 1.54) is 5.56 Å². The molecule has 0 spiro atoms. The summed E-state index contributed by atoms with van der Waals surface area (Å²) >= 11 is 0. The van der Waals surface area contributed by atoms with Crippen molar-refractivity contribution < 1.29 is 0 Å². The predicted molar refractivity (Wildman–Crippen MR) is 249 cm³/mol. The molecule has 0 bridgehead atoms. The average Bonchev–Trinajstić information content (AvgIpc) is 3.35. The third-order valence-electron chi connectivity index (χ3n) is 10.9. The van der Waals surface area contributed by atoms with Gasteiger partial charge in [0.25, 0.3) is 0 Å². The largest absolute Gasteiger partial charge is 0.246 e. The van der Waals surface area contributed by atoms with Gasteiger partial charge in [-0.1, -0.05) is 224 Å². The first-order valence-corrected chi connectivity index (χ1v) is 20.3. The molecule has 0 unspecified atom stereocenters. The van der Waals surface area contributed by atoms with E-state index in [1.54, 1.807) is 0 Å². The van der Waals surface area contributed by atoms with Gasteiger partial charge in [-0.2, -0.15) is 0 Å². The molecule has 3 heteroatoms. The normalized spacial score (nSPS) is 11.0. The molecule has 2 aromatic heterocycles. The minimum Gasteiger partial charge on any atom is -0.246 e. The minimum atomic E-state index is 0.678. The van der Waals surface area contributed by atoms with Gasteiger partial charge < -0.3 is 0 Å². The Labute approximate surface area is 351 Å². The molecule has 0 atom stereocenters. The second kappa shape index (κ2) is 16.5. The van der Waals surface area contributed by atoms with Crippen LogP contribution >= 0.6 is 0 Å². The number of benzene rings is 8. The van der Waals surface area contributed by atoms with Crippen LogP contribution in [0.5, 0.6) is 0 Å². The molecule has 10 aromatic rings. The molecule has 0 amide bonds. The van der Waals surface area contributed by atoms with Crippen molar-refractivity contribution in [3.8, 4) is 101 Å². The van der Waals surface area contributed by atoms with Gasteiger partial charge in [0.05, 0.1) is 22.8 Å². The molecule has 0 aliphatic heterocycles. The van der Waals surface area contributed by atoms with Gasteiger partial charge in [-0.15, -0.1) is 0 Å². The van der Waals surface area contributed by atoms with Gasteiger partial charge in [-0.3, -0.25) is 0 Å². The lowest BCUT2D eigenvalue weighted by Crippen LogP contribution is -2.01. The lowest BCUT2D eigenvalue weighted by Gasteiger charge is -2.23. The molecule has 0 fully saturated rings. The van der Waals surface area contributed by atoms with Gasteiger partial charge in [-0.05, 0) is 39.9 Å². The van der Waals surface area contributed by atoms with Crippen LogP contribution in [-0.4, -0.2) is 15.0 Å². The van der Waals surface area contributed by atoms with Crippen LogP contribution < -0.4 is 0 Å². The molecule has 282 valence electrons. The maximum Gasteiger partial charge on any atom is 0.160 e. The lowest BCUT2D eigenvalue weighted by molar-refractivity contribution is 1.18. The first-order chi connectivity index (χ1) is 29.8. The number of hydrogen-bond donors (Lipinski definition) is 0. The highest BCUT2D eigenvalue weighted by molar-refractivity contribution is 6.05. The van der Waals surface area contributed by atoms with Crippen LogP contribution in [-0.2, 0) is 0 Å². The fourth-order valence-corrected chi connectivity index (χ4v) is 8.01. The molecule has 8 aromatic carbocycles. The Morgan fingerprint density at radius 3 is 1.03 bits per heavy atom. The Balaban J connectivity index is 1.23. The predicted octanol–water partition coefficient (Wildman–Crippen LogP) is 14.9. The monoisotopic (exact) mass is 765 g/mol. The van der Waals surface area contributed by atoms with Gasteiger partial charge in [0, 0.05) is 44.5 Å². The van der Waals surface area contributed by atoms with E-state index in [2.05, 4.69) is 212 Å². The minimum absolute atomic E-state index is 0.678. The summed E-state index contributed by atoms with van der Waals surface area (Å²) in [5.41, 5.74) is 17.5. The molecular weight excluding hydrogens is 727 g/mol. The first-order valence-electron chi connectivity index (χ1n) is 20.3. The number of pyridine rings is 1. The summed E-state index contributed by atoms with van der Waals surface area (Å²) in [4.78, 5) is 16.1. The summed E-state index contributed by atoms with van der Waals surface area (Å²) in [5.74, 6) is 0.678. The summed E-state index contributed by atoms with van der Waals surface area (Å²) in [7, 11) is 0. The maximum atomic E-state index is 5.63. The Morgan fingerprint density at radius 1 is 0.200 bits per heavy atom. The number of hydrogen-bond acceptors (Lipinski definition) is 3. The maximum absolute atomic E-state index is 5.63. The fraction of sp³-hybridized carbons (Fsp3) is 0. The molecule has 2 heterocycles. The van der Waals surface area contributed by atoms with E-state index in [1.807, 2.05) is 24.3 Å². The van der Waals surface area contributed by atoms with Gasteiger partial charge in [0.2, 0.25) is 0 Å². The summed E-state index contributed by atoms with van der Waals surface area (Å²) in [6, 6.07) is 82.8. The lowest BCUT2D eigenvalue weighted by atomic mass is 9.83. The molecule has 0 saturated heterocycles. The highest BCUT2D eigenvalue weighted by atomic mass is 14.9. The van der Waals surface area contributed by atoms with Crippen molar-refractivity contribution in [1.82, 2.24) is 15.0 Å². The van der Waals surface area contributed by atoms with Crippen molar-refractivity contribution >= 4 is 0 Å². The number of aromatic nitrogens is 3. The van der Waals surface area contributed by atoms with Crippen LogP contribution in [0.25, 0.3) is 101 Å². The van der Waals surface area contributed by atoms with Crippen molar-refractivity contribution in [3.63, 3.8) is 0 Å². The summed E-state index contributed by atoms with van der Waals surface area (Å²) < 4.78 is 0. The quantitative estimate of drug-likeness (QED) is 0.147. The Bertz CT molecular complexity index is 2920. The SMILES string of the molecule is c1ccc(-c2ccc(-c3cc(-c4cccc(-c5c(-c6ccccc6)c(-c6ccccc6)nc(-c6ccccc6)c5-c5ccccc5)c4)nc(-c4ccccc4)n3)cc2)cc1. The Morgan fingerprint density at radius 2 is 0.550 bits per heavy atom. The molecule has 60 heavy (non-hydrogen) atoms. The number of rotatable bonds is 9. The highest BCUT2D eigenvalue weighted by Crippen LogP contribution is 2.49. The third kappa shape index (κ3) is 7.32. The molecule has 10 rings (SSSR count). The second-order valence-corrected chi connectivity index (χ2v) is 14.8. The Kier molecular flexibility index (Phi) is 9.97. The van der Waals surface area contributed by atoms with Gasteiger partial charge >= 0.3 is 0 Å². The fourth-order valence-electron chi connectivity index (χ4n) is 8.01. The topological polar surface area (TPSA) is 38.7 Å². The molecule has 0 aliphatic carbocycles. The van der Waals surface area contributed by atoms with Crippen LogP contribution in [0.1, 0.15) is 0 Å². The van der Waals surface area contributed by atoms with Crippen LogP contribution in [0.15, 0.2) is 237 Å². The van der Waals surface area contributed by atoms with Crippen LogP contribution in [0.4, 0.5) is 0 Å². The zero-order chi connectivity index (χ0) is 40.1. The summed E-state index contributed by atoms with van der Waals surface area (Å²) in [6.45, 7) is 0. The van der Waals surface area contributed by atoms with Crippen molar-refractivity contribution in [2.45, 2.75) is 0 Å². The number of nitrogens with zero attached hydrogens (tertiary/aromatic N) is 3. The van der Waals surface area contributed by atoms with Gasteiger partial charge in [-0.25, -0.2) is 15.0 Å². The molecule has 0 radical (unpaired) electrons. The van der Waals surface area contributed by atoms with E-state index in [0.717, 1.165) is 89.5 Å². The van der Waals surface area contributed by atoms with E-state index in [9.17, 15) is 0 Å². The average molecular weight is 766 g/mol. The standard InChI is InChI=1S/C57H39N3/c1-7-20-40(21-8-1)41-34-36-42(37-35-41)50-39-51(59-57(58-50)47-30-17-6-18-31-47)48-32-19-33-49(38-48)52-53(43-22-9-2-10-23-43)55(45-26-13-4-14-27-45)60-56(46-28-15-5-16-29-46)54(52)44-24-11-3-12-25-44/h1-39H. The summed E-state index contributed by atoms with van der Waals surface area (Å²) in [6.07, 6.45) is 0. The third-order valence-corrected chi connectivity index (χ3v) is 10.9. The molecule has 0 saturated carbocycles. The van der Waals surface area contributed by atoms with E-state index in [4.69, 9.17) is 15.0 Å². The second-order valence-electron chi connectivity index (χ2n) is 14.8. The van der Waals surface area contributed by atoms with Crippen molar-refractivity contribution in [2.24, 2.45) is 0 Å². The molecule has 0 aliphatic rings.